The van der Waals surface area contributed by atoms with Gasteiger partial charge in [0.05, 0.1) is 12.6 Å². The Hall–Kier alpha value is -1.41. The molecular formula is C23H33NO. The maximum absolute atomic E-state index is 5.93. The SMILES string of the molecule is CCCc1ccc(C2=NCC(C)=C3CCC(OCC)CCCC23)cc1. The second-order valence-corrected chi connectivity index (χ2v) is 7.55. The number of hydrogen-bond acceptors (Lipinski definition) is 2. The molecular weight excluding hydrogens is 306 g/mol. The summed E-state index contributed by atoms with van der Waals surface area (Å²) in [5.41, 5.74) is 7.24. The predicted molar refractivity (Wildman–Crippen MR) is 107 cm³/mol. The number of dihydropyridines is 1. The van der Waals surface area contributed by atoms with Gasteiger partial charge in [0.2, 0.25) is 0 Å². The van der Waals surface area contributed by atoms with Crippen LogP contribution in [0.15, 0.2) is 40.4 Å². The number of ether oxygens (including phenoxy) is 1. The van der Waals surface area contributed by atoms with Gasteiger partial charge in [0.15, 0.2) is 0 Å². The Balaban J connectivity index is 1.79. The molecule has 0 bridgehead atoms. The summed E-state index contributed by atoms with van der Waals surface area (Å²) in [6.07, 6.45) is 8.80. The fourth-order valence-corrected chi connectivity index (χ4v) is 4.41. The van der Waals surface area contributed by atoms with Crippen molar-refractivity contribution in [2.24, 2.45) is 10.9 Å². The molecule has 0 saturated heterocycles. The van der Waals surface area contributed by atoms with E-state index >= 15 is 0 Å². The van der Waals surface area contributed by atoms with Crippen LogP contribution in [0.5, 0.6) is 0 Å². The van der Waals surface area contributed by atoms with Crippen LogP contribution in [0, 0.1) is 5.92 Å². The largest absolute Gasteiger partial charge is 0.378 e. The van der Waals surface area contributed by atoms with Gasteiger partial charge in [-0.1, -0.05) is 48.8 Å². The van der Waals surface area contributed by atoms with Crippen molar-refractivity contribution < 1.29 is 4.74 Å². The van der Waals surface area contributed by atoms with Gasteiger partial charge in [-0.3, -0.25) is 4.99 Å². The van der Waals surface area contributed by atoms with Crippen LogP contribution in [0.2, 0.25) is 0 Å². The van der Waals surface area contributed by atoms with Crippen LogP contribution in [0.1, 0.15) is 70.4 Å². The van der Waals surface area contributed by atoms with E-state index in [4.69, 9.17) is 9.73 Å². The van der Waals surface area contributed by atoms with Crippen molar-refractivity contribution >= 4 is 5.71 Å². The molecule has 136 valence electrons. The third kappa shape index (κ3) is 4.41. The molecule has 1 aromatic carbocycles. The minimum absolute atomic E-state index is 0.446. The first-order valence-corrected chi connectivity index (χ1v) is 10.2. The van der Waals surface area contributed by atoms with Gasteiger partial charge < -0.3 is 4.74 Å². The van der Waals surface area contributed by atoms with Crippen molar-refractivity contribution in [1.82, 2.24) is 0 Å². The molecule has 25 heavy (non-hydrogen) atoms. The Kier molecular flexibility index (Phi) is 6.47. The molecule has 1 aliphatic carbocycles. The third-order valence-corrected chi connectivity index (χ3v) is 5.73. The van der Waals surface area contributed by atoms with Crippen LogP contribution in [0.3, 0.4) is 0 Å². The summed E-state index contributed by atoms with van der Waals surface area (Å²) in [5.74, 6) is 0.522. The van der Waals surface area contributed by atoms with E-state index in [-0.39, 0.29) is 0 Å². The highest BCUT2D eigenvalue weighted by Gasteiger charge is 2.29. The predicted octanol–water partition coefficient (Wildman–Crippen LogP) is 5.74. The minimum atomic E-state index is 0.446. The molecule has 3 rings (SSSR count). The molecule has 2 unspecified atom stereocenters. The summed E-state index contributed by atoms with van der Waals surface area (Å²) >= 11 is 0. The summed E-state index contributed by atoms with van der Waals surface area (Å²) in [7, 11) is 0. The highest BCUT2D eigenvalue weighted by Crippen LogP contribution is 2.36. The van der Waals surface area contributed by atoms with Crippen molar-refractivity contribution in [3.63, 3.8) is 0 Å². The van der Waals surface area contributed by atoms with E-state index in [0.29, 0.717) is 12.0 Å². The van der Waals surface area contributed by atoms with E-state index < -0.39 is 0 Å². The van der Waals surface area contributed by atoms with Crippen molar-refractivity contribution in [3.05, 3.63) is 46.5 Å². The van der Waals surface area contributed by atoms with Crippen LogP contribution in [0.4, 0.5) is 0 Å². The standard InChI is InChI=1S/C23H33NO/c1-4-7-18-10-12-19(13-11-18)23-22-9-6-8-20(25-5-2)14-15-21(22)17(3)16-24-23/h10-13,20,22H,4-9,14-16H2,1-3H3. The summed E-state index contributed by atoms with van der Waals surface area (Å²) in [6, 6.07) is 9.17. The lowest BCUT2D eigenvalue weighted by atomic mass is 9.77. The number of nitrogens with zero attached hydrogens (tertiary/aromatic N) is 1. The van der Waals surface area contributed by atoms with Crippen LogP contribution in [-0.2, 0) is 11.2 Å². The second-order valence-electron chi connectivity index (χ2n) is 7.55. The van der Waals surface area contributed by atoms with Gasteiger partial charge in [-0.2, -0.15) is 0 Å². The van der Waals surface area contributed by atoms with Gasteiger partial charge >= 0.3 is 0 Å². The van der Waals surface area contributed by atoms with Crippen molar-refractivity contribution in [2.45, 2.75) is 71.8 Å². The number of allylic oxidation sites excluding steroid dienone is 1. The first kappa shape index (κ1) is 18.4. The number of aryl methyl sites for hydroxylation is 1. The maximum Gasteiger partial charge on any atom is 0.0603 e. The van der Waals surface area contributed by atoms with E-state index in [1.807, 2.05) is 0 Å². The summed E-state index contributed by atoms with van der Waals surface area (Å²) in [6.45, 7) is 8.34. The van der Waals surface area contributed by atoms with Crippen molar-refractivity contribution in [1.29, 1.82) is 0 Å². The topological polar surface area (TPSA) is 21.6 Å². The maximum atomic E-state index is 5.93. The Morgan fingerprint density at radius 1 is 1.08 bits per heavy atom. The molecule has 1 aliphatic heterocycles. The van der Waals surface area contributed by atoms with Crippen LogP contribution < -0.4 is 0 Å². The van der Waals surface area contributed by atoms with Gasteiger partial charge in [-0.15, -0.1) is 0 Å². The normalized spacial score (nSPS) is 24.4. The zero-order valence-electron chi connectivity index (χ0n) is 16.2. The Morgan fingerprint density at radius 2 is 1.88 bits per heavy atom. The zero-order valence-corrected chi connectivity index (χ0v) is 16.2. The van der Waals surface area contributed by atoms with Gasteiger partial charge in [-0.05, 0) is 63.5 Å². The molecule has 2 nitrogen and oxygen atoms in total. The Labute approximate surface area is 153 Å². The zero-order chi connectivity index (χ0) is 17.6. The second kappa shape index (κ2) is 8.80. The molecule has 2 atom stereocenters. The van der Waals surface area contributed by atoms with Gasteiger partial charge in [0.25, 0.3) is 0 Å². The lowest BCUT2D eigenvalue weighted by Crippen LogP contribution is -2.27. The molecule has 1 aromatic rings. The highest BCUT2D eigenvalue weighted by molar-refractivity contribution is 6.04. The number of hydrogen-bond donors (Lipinski definition) is 0. The average molecular weight is 340 g/mol. The van der Waals surface area contributed by atoms with Crippen molar-refractivity contribution in [3.8, 4) is 0 Å². The van der Waals surface area contributed by atoms with E-state index in [1.165, 1.54) is 67.4 Å². The van der Waals surface area contributed by atoms with Gasteiger partial charge in [-0.25, -0.2) is 0 Å². The van der Waals surface area contributed by atoms with Crippen LogP contribution in [-0.4, -0.2) is 25.0 Å². The van der Waals surface area contributed by atoms with E-state index in [0.717, 1.165) is 13.2 Å². The molecule has 0 radical (unpaired) electrons. The molecule has 0 N–H and O–H groups in total. The quantitative estimate of drug-likeness (QED) is 0.626. The molecule has 1 fully saturated rings. The molecule has 0 aromatic heterocycles. The Morgan fingerprint density at radius 3 is 2.60 bits per heavy atom. The van der Waals surface area contributed by atoms with Gasteiger partial charge in [0, 0.05) is 18.2 Å². The van der Waals surface area contributed by atoms with Crippen LogP contribution in [0.25, 0.3) is 0 Å². The fraction of sp³-hybridized carbons (Fsp3) is 0.609. The number of rotatable bonds is 5. The first-order chi connectivity index (χ1) is 12.2. The molecule has 2 heteroatoms. The van der Waals surface area contributed by atoms with E-state index in [2.05, 4.69) is 45.0 Å². The lowest BCUT2D eigenvalue weighted by molar-refractivity contribution is 0.0463. The monoisotopic (exact) mass is 339 g/mol. The molecule has 1 heterocycles. The van der Waals surface area contributed by atoms with E-state index in [1.54, 1.807) is 5.57 Å². The number of fused-ring (bicyclic) bond motifs is 1. The summed E-state index contributed by atoms with van der Waals surface area (Å²) in [4.78, 5) is 5.00. The van der Waals surface area contributed by atoms with Crippen molar-refractivity contribution in [2.75, 3.05) is 13.2 Å². The summed E-state index contributed by atoms with van der Waals surface area (Å²) < 4.78 is 5.93. The van der Waals surface area contributed by atoms with Gasteiger partial charge in [0.1, 0.15) is 0 Å². The summed E-state index contributed by atoms with van der Waals surface area (Å²) in [5, 5.41) is 0. The molecule has 0 amide bonds. The third-order valence-electron chi connectivity index (χ3n) is 5.73. The minimum Gasteiger partial charge on any atom is -0.378 e. The first-order valence-electron chi connectivity index (χ1n) is 10.2. The lowest BCUT2D eigenvalue weighted by Gasteiger charge is -2.32. The van der Waals surface area contributed by atoms with Crippen LogP contribution >= 0.6 is 0 Å². The number of aliphatic imine (C=N–C) groups is 1. The molecule has 1 saturated carbocycles. The smallest absolute Gasteiger partial charge is 0.0603 e. The molecule has 2 aliphatic rings. The highest BCUT2D eigenvalue weighted by atomic mass is 16.5. The molecule has 0 spiro atoms. The fourth-order valence-electron chi connectivity index (χ4n) is 4.41. The Bertz CT molecular complexity index is 626. The average Bonchev–Trinajstić information content (AvgIpc) is 2.60. The number of benzene rings is 1. The van der Waals surface area contributed by atoms with E-state index in [9.17, 15) is 0 Å².